The second-order valence-corrected chi connectivity index (χ2v) is 25.4. The van der Waals surface area contributed by atoms with Crippen LogP contribution in [0.3, 0.4) is 0 Å². The third kappa shape index (κ3) is 7.64. The van der Waals surface area contributed by atoms with E-state index < -0.39 is 8.07 Å². The van der Waals surface area contributed by atoms with E-state index in [2.05, 4.69) is 313 Å². The summed E-state index contributed by atoms with van der Waals surface area (Å²) in [7, 11) is -2.47. The molecule has 0 fully saturated rings. The fraction of sp³-hybridized carbons (Fsp3) is 0.0556. The summed E-state index contributed by atoms with van der Waals surface area (Å²) in [5.74, 6) is 0. The Morgan fingerprint density at radius 3 is 1.00 bits per heavy atom. The number of para-hydroxylation sites is 4. The van der Waals surface area contributed by atoms with Crippen molar-refractivity contribution >= 4 is 118 Å². The van der Waals surface area contributed by atoms with Gasteiger partial charge in [-0.05, 0) is 144 Å². The average Bonchev–Trinajstić information content (AvgIpc) is 4.00. The molecule has 368 valence electrons. The largest absolute Gasteiger partial charge is 0.310 e. The molecule has 4 nitrogen and oxygen atoms in total. The number of hydrogen-bond donors (Lipinski definition) is 0. The zero-order chi connectivity index (χ0) is 51.8. The topological polar surface area (TPSA) is 16.3 Å². The summed E-state index contributed by atoms with van der Waals surface area (Å²) in [4.78, 5) is 4.93. The van der Waals surface area contributed by atoms with Crippen LogP contribution in [0, 0.1) is 13.8 Å². The van der Waals surface area contributed by atoms with Crippen molar-refractivity contribution in [2.24, 2.45) is 0 Å². The van der Waals surface area contributed by atoms with Gasteiger partial charge in [0.15, 0.2) is 0 Å². The first kappa shape index (κ1) is 46.1. The Hall–Kier alpha value is -9.42. The molecule has 77 heavy (non-hydrogen) atoms. The van der Waals surface area contributed by atoms with Crippen molar-refractivity contribution in [1.29, 1.82) is 0 Å². The summed E-state index contributed by atoms with van der Waals surface area (Å²) < 4.78 is 4.78. The van der Waals surface area contributed by atoms with Gasteiger partial charge in [-0.25, -0.2) is 0 Å². The van der Waals surface area contributed by atoms with Gasteiger partial charge in [0.05, 0.1) is 33.4 Å². The predicted octanol–water partition coefficient (Wildman–Crippen LogP) is 18.6. The molecule has 0 unspecified atom stereocenters. The molecule has 14 rings (SSSR count). The number of aryl methyl sites for hydroxylation is 2. The first-order valence-electron chi connectivity index (χ1n) is 26.8. The molecule has 0 amide bonds. The fourth-order valence-electron chi connectivity index (χ4n) is 12.3. The van der Waals surface area contributed by atoms with Crippen molar-refractivity contribution in [3.05, 3.63) is 278 Å². The molecule has 5 heteroatoms. The maximum absolute atomic E-state index is 2.54. The minimum Gasteiger partial charge on any atom is -0.310 e. The lowest BCUT2D eigenvalue weighted by atomic mass is 10.0. The SMILES string of the molecule is Cc1ccc(N(c2ccc3c(c2)c2ccccc2n3-c2ccccc2)c2ccc([Si](C)(C)c3ccc(N(c4ccc(C)cc4)c4ccc5c(c4)c4ccccc4n5-c4ccccc4)c4ccccc34)c3ccccc23)cc1. The van der Waals surface area contributed by atoms with E-state index in [4.69, 9.17) is 0 Å². The third-order valence-electron chi connectivity index (χ3n) is 16.1. The minimum atomic E-state index is -2.47. The maximum Gasteiger partial charge on any atom is 0.113 e. The highest BCUT2D eigenvalue weighted by molar-refractivity contribution is 7.03. The molecule has 0 saturated heterocycles. The van der Waals surface area contributed by atoms with E-state index in [0.29, 0.717) is 0 Å². The van der Waals surface area contributed by atoms with Crippen LogP contribution in [0.15, 0.2) is 267 Å². The zero-order valence-electron chi connectivity index (χ0n) is 43.7. The second-order valence-electron chi connectivity index (χ2n) is 21.1. The number of hydrogen-bond acceptors (Lipinski definition) is 2. The lowest BCUT2D eigenvalue weighted by Crippen LogP contribution is -2.53. The molecular weight excluding hydrogens is 949 g/mol. The van der Waals surface area contributed by atoms with E-state index in [0.717, 1.165) is 45.5 Å². The van der Waals surface area contributed by atoms with Crippen molar-refractivity contribution in [2.75, 3.05) is 9.80 Å². The summed E-state index contributed by atoms with van der Waals surface area (Å²) in [6.07, 6.45) is 0. The molecule has 14 aromatic rings. The smallest absolute Gasteiger partial charge is 0.113 e. The highest BCUT2D eigenvalue weighted by Crippen LogP contribution is 2.45. The van der Waals surface area contributed by atoms with E-state index in [1.807, 2.05) is 0 Å². The Kier molecular flexibility index (Phi) is 11.1. The van der Waals surface area contributed by atoms with E-state index >= 15 is 0 Å². The molecule has 0 spiro atoms. The van der Waals surface area contributed by atoms with Gasteiger partial charge in [-0.1, -0.05) is 182 Å². The Balaban J connectivity index is 0.916. The molecule has 0 saturated carbocycles. The Morgan fingerprint density at radius 2 is 0.597 bits per heavy atom. The monoisotopic (exact) mass is 1000 g/mol. The molecule has 0 aliphatic rings. The Bertz CT molecular complexity index is 4260. The normalized spacial score (nSPS) is 11.9. The van der Waals surface area contributed by atoms with Crippen LogP contribution in [-0.2, 0) is 0 Å². The van der Waals surface area contributed by atoms with Gasteiger partial charge in [0.25, 0.3) is 0 Å². The van der Waals surface area contributed by atoms with Crippen molar-refractivity contribution in [3.63, 3.8) is 0 Å². The molecule has 0 aliphatic carbocycles. The van der Waals surface area contributed by atoms with Gasteiger partial charge in [-0.3, -0.25) is 0 Å². The molecule has 0 aliphatic heterocycles. The Morgan fingerprint density at radius 1 is 0.273 bits per heavy atom. The number of rotatable bonds is 10. The van der Waals surface area contributed by atoms with Gasteiger partial charge >= 0.3 is 0 Å². The number of fused-ring (bicyclic) bond motifs is 8. The van der Waals surface area contributed by atoms with Crippen LogP contribution in [0.1, 0.15) is 11.1 Å². The summed E-state index contributed by atoms with van der Waals surface area (Å²) >= 11 is 0. The zero-order valence-corrected chi connectivity index (χ0v) is 44.7. The lowest BCUT2D eigenvalue weighted by Gasteiger charge is -2.32. The number of benzene rings is 12. The van der Waals surface area contributed by atoms with Gasteiger partial charge in [-0.2, -0.15) is 0 Å². The standard InChI is InChI=1S/C72H56N4Si/c1-49-31-35-53(36-32-49)73(55-39-41-69-63(47-55)59-25-15-17-29-65(59)75(69)51-19-7-5-8-20-51)67-43-45-71(61-27-13-11-23-57(61)67)77(3,4)72-46-44-68(58-24-12-14-28-62(58)72)74(54-37-33-50(2)34-38-54)56-40-42-70-64(48-56)60-26-16-18-30-66(60)76(70)52-21-9-6-10-22-52/h5-48H,1-4H3. The van der Waals surface area contributed by atoms with Crippen molar-refractivity contribution in [1.82, 2.24) is 9.13 Å². The molecular formula is C72H56N4Si. The third-order valence-corrected chi connectivity index (χ3v) is 19.6. The summed E-state index contributed by atoms with van der Waals surface area (Å²) in [5, 5.41) is 12.8. The molecule has 2 aromatic heterocycles. The van der Waals surface area contributed by atoms with E-state index in [1.54, 1.807) is 0 Å². The first-order chi connectivity index (χ1) is 37.8. The van der Waals surface area contributed by atoms with Crippen molar-refractivity contribution < 1.29 is 0 Å². The first-order valence-corrected chi connectivity index (χ1v) is 29.8. The molecule has 2 heterocycles. The van der Waals surface area contributed by atoms with Gasteiger partial charge in [0.2, 0.25) is 0 Å². The Labute approximate surface area is 450 Å². The number of aromatic nitrogens is 2. The van der Waals surface area contributed by atoms with Crippen LogP contribution < -0.4 is 20.2 Å². The second kappa shape index (κ2) is 18.4. The molecule has 0 N–H and O–H groups in total. The van der Waals surface area contributed by atoms with Gasteiger partial charge in [0.1, 0.15) is 8.07 Å². The molecule has 0 bridgehead atoms. The predicted molar refractivity (Wildman–Crippen MR) is 332 cm³/mol. The van der Waals surface area contributed by atoms with Gasteiger partial charge < -0.3 is 18.9 Å². The summed E-state index contributed by atoms with van der Waals surface area (Å²) in [5.41, 5.74) is 16.3. The van der Waals surface area contributed by atoms with E-state index in [9.17, 15) is 0 Å². The average molecular weight is 1010 g/mol. The lowest BCUT2D eigenvalue weighted by molar-refractivity contribution is 1.18. The van der Waals surface area contributed by atoms with Crippen LogP contribution in [-0.4, -0.2) is 17.2 Å². The fourth-order valence-corrected chi connectivity index (χ4v) is 15.4. The van der Waals surface area contributed by atoms with Crippen LogP contribution in [0.4, 0.5) is 34.1 Å². The minimum absolute atomic E-state index is 1.12. The number of anilines is 6. The van der Waals surface area contributed by atoms with Gasteiger partial charge in [0, 0.05) is 66.4 Å². The van der Waals surface area contributed by atoms with Crippen LogP contribution in [0.2, 0.25) is 13.1 Å². The molecule has 12 aromatic carbocycles. The summed E-state index contributed by atoms with van der Waals surface area (Å²) in [6, 6.07) is 98.9. The van der Waals surface area contributed by atoms with Crippen molar-refractivity contribution in [2.45, 2.75) is 26.9 Å². The summed E-state index contributed by atoms with van der Waals surface area (Å²) in [6.45, 7) is 9.41. The van der Waals surface area contributed by atoms with Crippen molar-refractivity contribution in [3.8, 4) is 11.4 Å². The van der Waals surface area contributed by atoms with Crippen LogP contribution in [0.5, 0.6) is 0 Å². The molecule has 0 radical (unpaired) electrons. The number of nitrogens with zero attached hydrogens (tertiary/aromatic N) is 4. The van der Waals surface area contributed by atoms with Crippen LogP contribution in [0.25, 0.3) is 76.5 Å². The van der Waals surface area contributed by atoms with E-state index in [1.165, 1.54) is 86.7 Å². The quantitative estimate of drug-likeness (QED) is 0.127. The highest BCUT2D eigenvalue weighted by atomic mass is 28.3. The van der Waals surface area contributed by atoms with Gasteiger partial charge in [-0.15, -0.1) is 0 Å². The van der Waals surface area contributed by atoms with Crippen LogP contribution >= 0.6 is 0 Å². The maximum atomic E-state index is 2.54. The highest BCUT2D eigenvalue weighted by Gasteiger charge is 2.32. The molecule has 0 atom stereocenters. The van der Waals surface area contributed by atoms with E-state index in [-0.39, 0.29) is 0 Å².